The van der Waals surface area contributed by atoms with Crippen molar-refractivity contribution < 1.29 is 9.18 Å². The van der Waals surface area contributed by atoms with Crippen LogP contribution in [0.4, 0.5) is 9.18 Å². The van der Waals surface area contributed by atoms with Gasteiger partial charge in [-0.25, -0.2) is 9.18 Å². The van der Waals surface area contributed by atoms with E-state index in [-0.39, 0.29) is 11.8 Å². The number of urea groups is 1. The van der Waals surface area contributed by atoms with E-state index in [1.54, 1.807) is 22.3 Å². The Bertz CT molecular complexity index is 657. The third-order valence-corrected chi connectivity index (χ3v) is 4.85. The molecule has 1 aliphatic heterocycles. The summed E-state index contributed by atoms with van der Waals surface area (Å²) < 4.78 is 13.2. The molecule has 0 saturated heterocycles. The summed E-state index contributed by atoms with van der Waals surface area (Å²) in [4.78, 5) is 13.9. The Morgan fingerprint density at radius 1 is 1.36 bits per heavy atom. The SMILES string of the molecule is CC(CCNC(=O)N1Cc2ccc(F)cc2C1)c1ccsc1. The first-order chi connectivity index (χ1) is 10.6. The highest BCUT2D eigenvalue weighted by molar-refractivity contribution is 7.07. The van der Waals surface area contributed by atoms with Crippen molar-refractivity contribution in [2.75, 3.05) is 6.54 Å². The molecule has 1 aromatic carbocycles. The zero-order valence-electron chi connectivity index (χ0n) is 12.5. The van der Waals surface area contributed by atoms with Gasteiger partial charge in [0, 0.05) is 19.6 Å². The lowest BCUT2D eigenvalue weighted by Gasteiger charge is -2.17. The molecule has 3 rings (SSSR count). The first-order valence-electron chi connectivity index (χ1n) is 7.45. The number of nitrogens with zero attached hydrogens (tertiary/aromatic N) is 1. The molecular weight excluding hydrogens is 299 g/mol. The minimum Gasteiger partial charge on any atom is -0.338 e. The van der Waals surface area contributed by atoms with E-state index in [4.69, 9.17) is 0 Å². The summed E-state index contributed by atoms with van der Waals surface area (Å²) in [6.45, 7) is 3.86. The lowest BCUT2D eigenvalue weighted by Crippen LogP contribution is -2.37. The lowest BCUT2D eigenvalue weighted by molar-refractivity contribution is 0.198. The molecule has 2 aromatic rings. The van der Waals surface area contributed by atoms with E-state index in [1.807, 2.05) is 0 Å². The van der Waals surface area contributed by atoms with Crippen molar-refractivity contribution in [3.63, 3.8) is 0 Å². The van der Waals surface area contributed by atoms with Gasteiger partial charge < -0.3 is 10.2 Å². The number of hydrogen-bond acceptors (Lipinski definition) is 2. The number of nitrogens with one attached hydrogen (secondary N) is 1. The lowest BCUT2D eigenvalue weighted by atomic mass is 10.0. The molecule has 1 unspecified atom stereocenters. The predicted octanol–water partition coefficient (Wildman–Crippen LogP) is 4.11. The number of amides is 2. The Hall–Kier alpha value is -1.88. The first-order valence-corrected chi connectivity index (χ1v) is 8.40. The van der Waals surface area contributed by atoms with Gasteiger partial charge in [0.15, 0.2) is 0 Å². The molecule has 0 fully saturated rings. The van der Waals surface area contributed by atoms with Crippen LogP contribution in [0.2, 0.25) is 0 Å². The van der Waals surface area contributed by atoms with Gasteiger partial charge in [0.05, 0.1) is 0 Å². The average Bonchev–Trinajstić information content (AvgIpc) is 3.15. The van der Waals surface area contributed by atoms with Crippen molar-refractivity contribution in [3.8, 4) is 0 Å². The Balaban J connectivity index is 1.47. The third kappa shape index (κ3) is 3.30. The predicted molar refractivity (Wildman–Crippen MR) is 86.4 cm³/mol. The molecule has 5 heteroatoms. The molecule has 0 saturated carbocycles. The minimum atomic E-state index is -0.245. The topological polar surface area (TPSA) is 32.3 Å². The van der Waals surface area contributed by atoms with E-state index in [0.29, 0.717) is 25.6 Å². The number of fused-ring (bicyclic) bond motifs is 1. The van der Waals surface area contributed by atoms with E-state index in [2.05, 4.69) is 29.1 Å². The number of halogens is 1. The molecule has 0 aliphatic carbocycles. The van der Waals surface area contributed by atoms with Crippen LogP contribution in [-0.2, 0) is 13.1 Å². The van der Waals surface area contributed by atoms with Crippen LogP contribution in [0.25, 0.3) is 0 Å². The number of carbonyl (C=O) groups is 1. The second kappa shape index (κ2) is 6.48. The van der Waals surface area contributed by atoms with Gasteiger partial charge in [0.2, 0.25) is 0 Å². The van der Waals surface area contributed by atoms with Crippen LogP contribution in [0, 0.1) is 5.82 Å². The molecule has 1 atom stereocenters. The van der Waals surface area contributed by atoms with Crippen LogP contribution in [0.3, 0.4) is 0 Å². The van der Waals surface area contributed by atoms with Crippen LogP contribution >= 0.6 is 11.3 Å². The molecule has 3 nitrogen and oxygen atoms in total. The van der Waals surface area contributed by atoms with E-state index in [9.17, 15) is 9.18 Å². The van der Waals surface area contributed by atoms with E-state index in [0.717, 1.165) is 17.5 Å². The van der Waals surface area contributed by atoms with Gasteiger partial charge in [-0.3, -0.25) is 0 Å². The number of carbonyl (C=O) groups excluding carboxylic acids is 1. The van der Waals surface area contributed by atoms with Crippen molar-refractivity contribution in [1.29, 1.82) is 0 Å². The summed E-state index contributed by atoms with van der Waals surface area (Å²) in [6.07, 6.45) is 0.915. The van der Waals surface area contributed by atoms with Crippen molar-refractivity contribution in [3.05, 3.63) is 57.5 Å². The number of rotatable bonds is 4. The van der Waals surface area contributed by atoms with Crippen LogP contribution in [0.5, 0.6) is 0 Å². The molecule has 116 valence electrons. The average molecular weight is 318 g/mol. The minimum absolute atomic E-state index is 0.0749. The number of hydrogen-bond donors (Lipinski definition) is 1. The monoisotopic (exact) mass is 318 g/mol. The zero-order chi connectivity index (χ0) is 15.5. The Morgan fingerprint density at radius 3 is 2.95 bits per heavy atom. The van der Waals surface area contributed by atoms with Crippen LogP contribution < -0.4 is 5.32 Å². The maximum absolute atomic E-state index is 13.2. The Labute approximate surface area is 133 Å². The zero-order valence-corrected chi connectivity index (χ0v) is 13.3. The molecule has 22 heavy (non-hydrogen) atoms. The highest BCUT2D eigenvalue weighted by atomic mass is 32.1. The summed E-state index contributed by atoms with van der Waals surface area (Å²) in [6, 6.07) is 6.78. The standard InChI is InChI=1S/C17H19FN2OS/c1-12(14-5-7-22-11-14)4-6-19-17(21)20-9-13-2-3-16(18)8-15(13)10-20/h2-3,5,7-8,11-12H,4,6,9-10H2,1H3,(H,19,21). The summed E-state index contributed by atoms with van der Waals surface area (Å²) in [5.41, 5.74) is 3.26. The van der Waals surface area contributed by atoms with Crippen LogP contribution in [0.15, 0.2) is 35.0 Å². The fourth-order valence-corrected chi connectivity index (χ4v) is 3.52. The molecule has 1 aliphatic rings. The van der Waals surface area contributed by atoms with Gasteiger partial charge in [-0.2, -0.15) is 11.3 Å². The fraction of sp³-hybridized carbons (Fsp3) is 0.353. The Kier molecular flexibility index (Phi) is 4.43. The highest BCUT2D eigenvalue weighted by Gasteiger charge is 2.23. The van der Waals surface area contributed by atoms with Gasteiger partial charge in [-0.15, -0.1) is 0 Å². The molecule has 0 spiro atoms. The van der Waals surface area contributed by atoms with Crippen molar-refractivity contribution >= 4 is 17.4 Å². The maximum atomic E-state index is 13.2. The van der Waals surface area contributed by atoms with E-state index >= 15 is 0 Å². The van der Waals surface area contributed by atoms with Crippen molar-refractivity contribution in [1.82, 2.24) is 10.2 Å². The third-order valence-electron chi connectivity index (χ3n) is 4.14. The molecule has 2 amide bonds. The van der Waals surface area contributed by atoms with Crippen LogP contribution in [0.1, 0.15) is 36.0 Å². The molecule has 1 aromatic heterocycles. The van der Waals surface area contributed by atoms with Gasteiger partial charge in [0.1, 0.15) is 5.82 Å². The second-order valence-corrected chi connectivity index (χ2v) is 6.53. The largest absolute Gasteiger partial charge is 0.338 e. The second-order valence-electron chi connectivity index (χ2n) is 5.75. The summed E-state index contributed by atoms with van der Waals surface area (Å²) in [5.74, 6) is 0.196. The normalized spacial score (nSPS) is 14.7. The first kappa shape index (κ1) is 15.0. The number of benzene rings is 1. The van der Waals surface area contributed by atoms with Gasteiger partial charge in [0.25, 0.3) is 0 Å². The van der Waals surface area contributed by atoms with E-state index < -0.39 is 0 Å². The summed E-state index contributed by atoms with van der Waals surface area (Å²) in [7, 11) is 0. The molecular formula is C17H19FN2OS. The highest BCUT2D eigenvalue weighted by Crippen LogP contribution is 2.24. The molecule has 0 radical (unpaired) electrons. The van der Waals surface area contributed by atoms with Crippen LogP contribution in [-0.4, -0.2) is 17.5 Å². The van der Waals surface area contributed by atoms with Crippen molar-refractivity contribution in [2.45, 2.75) is 32.4 Å². The van der Waals surface area contributed by atoms with Crippen molar-refractivity contribution in [2.24, 2.45) is 0 Å². The summed E-state index contributed by atoms with van der Waals surface area (Å²) in [5, 5.41) is 7.19. The fourth-order valence-electron chi connectivity index (χ4n) is 2.74. The molecule has 2 heterocycles. The smallest absolute Gasteiger partial charge is 0.318 e. The van der Waals surface area contributed by atoms with Gasteiger partial charge >= 0.3 is 6.03 Å². The van der Waals surface area contributed by atoms with E-state index in [1.165, 1.54) is 17.7 Å². The number of thiophene rings is 1. The maximum Gasteiger partial charge on any atom is 0.318 e. The quantitative estimate of drug-likeness (QED) is 0.904. The Morgan fingerprint density at radius 2 is 2.18 bits per heavy atom. The van der Waals surface area contributed by atoms with Gasteiger partial charge in [-0.05, 0) is 58.0 Å². The molecule has 0 bridgehead atoms. The molecule has 1 N–H and O–H groups in total. The van der Waals surface area contributed by atoms with Gasteiger partial charge in [-0.1, -0.05) is 13.0 Å². The summed E-state index contributed by atoms with van der Waals surface area (Å²) >= 11 is 1.70.